The smallest absolute Gasteiger partial charge is 0.310 e. The molecule has 0 fully saturated rings. The number of alkyl halides is 3. The summed E-state index contributed by atoms with van der Waals surface area (Å²) in [5, 5.41) is -0.234. The molecule has 154 valence electrons. The number of aromatic nitrogens is 2. The van der Waals surface area contributed by atoms with Crippen molar-refractivity contribution in [2.45, 2.75) is 25.0 Å². The number of halogens is 3. The van der Waals surface area contributed by atoms with Crippen LogP contribution < -0.4 is 4.90 Å². The van der Waals surface area contributed by atoms with Crippen LogP contribution in [0.4, 0.5) is 18.9 Å². The van der Waals surface area contributed by atoms with Gasteiger partial charge in [0, 0.05) is 18.9 Å². The summed E-state index contributed by atoms with van der Waals surface area (Å²) in [7, 11) is -2.46. The molecule has 0 atom stereocenters. The minimum absolute atomic E-state index is 0.177. The second kappa shape index (κ2) is 7.18. The average molecular weight is 425 g/mol. The molecule has 0 aliphatic rings. The number of hydrogen-bond donors (Lipinski definition) is 0. The van der Waals surface area contributed by atoms with Crippen molar-refractivity contribution < 1.29 is 26.4 Å². The second-order valence-electron chi connectivity index (χ2n) is 6.51. The number of sulfone groups is 1. The van der Waals surface area contributed by atoms with E-state index >= 15 is 0 Å². The molecule has 0 saturated carbocycles. The minimum atomic E-state index is -4.50. The topological polar surface area (TPSA) is 71.8 Å². The first-order valence-corrected chi connectivity index (χ1v) is 10.3. The van der Waals surface area contributed by atoms with Crippen molar-refractivity contribution in [3.05, 3.63) is 59.4 Å². The molecule has 0 radical (unpaired) electrons. The van der Waals surface area contributed by atoms with Crippen molar-refractivity contribution in [3.8, 4) is 0 Å². The van der Waals surface area contributed by atoms with Gasteiger partial charge in [-0.25, -0.2) is 13.4 Å². The third kappa shape index (κ3) is 3.84. The first kappa shape index (κ1) is 20.8. The van der Waals surface area contributed by atoms with Crippen LogP contribution in [0.15, 0.2) is 47.6 Å². The van der Waals surface area contributed by atoms with Crippen LogP contribution in [0, 0.1) is 6.92 Å². The summed E-state index contributed by atoms with van der Waals surface area (Å²) in [5.74, 6) is -0.975. The van der Waals surface area contributed by atoms with Crippen molar-refractivity contribution in [1.29, 1.82) is 0 Å². The van der Waals surface area contributed by atoms with E-state index in [1.807, 2.05) is 0 Å². The Morgan fingerprint density at radius 1 is 1.14 bits per heavy atom. The Balaban J connectivity index is 2.10. The van der Waals surface area contributed by atoms with E-state index in [0.29, 0.717) is 0 Å². The van der Waals surface area contributed by atoms with E-state index in [1.54, 1.807) is 25.3 Å². The fourth-order valence-electron chi connectivity index (χ4n) is 2.85. The Hall–Kier alpha value is -2.88. The standard InChI is InChI=1S/C19H18F3N3O3S/c1-4-29(27,28)18-16(23-15-10-5-12(2)11-25(15)18)17(26)24(3)14-8-6-13(7-9-14)19(20,21)22/h5-11H,4H2,1-3H3. The normalized spacial score (nSPS) is 12.3. The molecule has 29 heavy (non-hydrogen) atoms. The van der Waals surface area contributed by atoms with Gasteiger partial charge in [0.1, 0.15) is 5.65 Å². The molecule has 0 unspecified atom stereocenters. The van der Waals surface area contributed by atoms with Crippen LogP contribution in [0.2, 0.25) is 0 Å². The monoisotopic (exact) mass is 425 g/mol. The van der Waals surface area contributed by atoms with Gasteiger partial charge in [-0.3, -0.25) is 9.20 Å². The molecule has 0 saturated heterocycles. The fourth-order valence-corrected chi connectivity index (χ4v) is 4.00. The molecule has 0 bridgehead atoms. The summed E-state index contributed by atoms with van der Waals surface area (Å²) in [5.41, 5.74) is 0.111. The zero-order chi connectivity index (χ0) is 21.6. The van der Waals surface area contributed by atoms with Gasteiger partial charge in [-0.05, 0) is 42.8 Å². The highest BCUT2D eigenvalue weighted by atomic mass is 32.2. The number of anilines is 1. The van der Waals surface area contributed by atoms with Gasteiger partial charge in [-0.15, -0.1) is 0 Å². The van der Waals surface area contributed by atoms with Crippen molar-refractivity contribution in [3.63, 3.8) is 0 Å². The van der Waals surface area contributed by atoms with Gasteiger partial charge in [0.2, 0.25) is 0 Å². The molecule has 10 heteroatoms. The van der Waals surface area contributed by atoms with Crippen molar-refractivity contribution in [1.82, 2.24) is 9.38 Å². The van der Waals surface area contributed by atoms with Gasteiger partial charge in [-0.2, -0.15) is 13.2 Å². The molecule has 6 nitrogen and oxygen atoms in total. The molecule has 3 rings (SSSR count). The van der Waals surface area contributed by atoms with Crippen LogP contribution in [0.3, 0.4) is 0 Å². The third-order valence-corrected chi connectivity index (χ3v) is 6.23. The summed E-state index contributed by atoms with van der Waals surface area (Å²) in [4.78, 5) is 18.3. The number of fused-ring (bicyclic) bond motifs is 1. The quantitative estimate of drug-likeness (QED) is 0.639. The summed E-state index contributed by atoms with van der Waals surface area (Å²) in [6.45, 7) is 3.23. The van der Waals surface area contributed by atoms with Gasteiger partial charge in [0.25, 0.3) is 5.91 Å². The number of pyridine rings is 1. The highest BCUT2D eigenvalue weighted by molar-refractivity contribution is 7.91. The zero-order valence-corrected chi connectivity index (χ0v) is 16.7. The van der Waals surface area contributed by atoms with Gasteiger partial charge < -0.3 is 4.90 Å². The van der Waals surface area contributed by atoms with E-state index in [4.69, 9.17) is 0 Å². The maximum Gasteiger partial charge on any atom is 0.416 e. The Bertz CT molecular complexity index is 1180. The van der Waals surface area contributed by atoms with Crippen LogP contribution in [0.5, 0.6) is 0 Å². The predicted molar refractivity (Wildman–Crippen MR) is 102 cm³/mol. The molecule has 2 aromatic heterocycles. The number of benzene rings is 1. The molecule has 3 aromatic rings. The molecular weight excluding hydrogens is 407 g/mol. The fraction of sp³-hybridized carbons (Fsp3) is 0.263. The Morgan fingerprint density at radius 3 is 2.31 bits per heavy atom. The van der Waals surface area contributed by atoms with Crippen LogP contribution in [-0.2, 0) is 16.0 Å². The van der Waals surface area contributed by atoms with Crippen molar-refractivity contribution in [2.75, 3.05) is 17.7 Å². The zero-order valence-electron chi connectivity index (χ0n) is 15.9. The third-order valence-electron chi connectivity index (χ3n) is 4.49. The second-order valence-corrected chi connectivity index (χ2v) is 8.71. The lowest BCUT2D eigenvalue weighted by atomic mass is 10.2. The van der Waals surface area contributed by atoms with Gasteiger partial charge in [0.05, 0.1) is 11.3 Å². The van der Waals surface area contributed by atoms with E-state index < -0.39 is 27.5 Å². The van der Waals surface area contributed by atoms with E-state index in [-0.39, 0.29) is 27.8 Å². The minimum Gasteiger partial charge on any atom is -0.310 e. The molecule has 0 aliphatic carbocycles. The number of hydrogen-bond acceptors (Lipinski definition) is 4. The lowest BCUT2D eigenvalue weighted by molar-refractivity contribution is -0.137. The maximum atomic E-state index is 13.0. The Labute approximate surface area is 165 Å². The molecule has 0 aliphatic heterocycles. The number of rotatable bonds is 4. The number of imidazole rings is 1. The molecule has 0 spiro atoms. The van der Waals surface area contributed by atoms with Crippen molar-refractivity contribution in [2.24, 2.45) is 0 Å². The van der Waals surface area contributed by atoms with Gasteiger partial charge in [-0.1, -0.05) is 13.0 Å². The van der Waals surface area contributed by atoms with E-state index in [1.165, 1.54) is 18.4 Å². The SMILES string of the molecule is CCS(=O)(=O)c1c(C(=O)N(C)c2ccc(C(F)(F)F)cc2)nc2ccc(C)cn12. The van der Waals surface area contributed by atoms with Crippen LogP contribution >= 0.6 is 0 Å². The lowest BCUT2D eigenvalue weighted by Crippen LogP contribution is -2.28. The molecule has 1 aromatic carbocycles. The molecular formula is C19H18F3N3O3S. The number of carbonyl (C=O) groups is 1. The number of nitrogens with zero attached hydrogens (tertiary/aromatic N) is 3. The number of amides is 1. The lowest BCUT2D eigenvalue weighted by Gasteiger charge is -2.18. The largest absolute Gasteiger partial charge is 0.416 e. The van der Waals surface area contributed by atoms with Crippen LogP contribution in [0.25, 0.3) is 5.65 Å². The molecule has 2 heterocycles. The summed E-state index contributed by atoms with van der Waals surface area (Å²) in [6.07, 6.45) is -2.93. The molecule has 0 N–H and O–H groups in total. The summed E-state index contributed by atoms with van der Waals surface area (Å²) < 4.78 is 65.0. The first-order valence-electron chi connectivity index (χ1n) is 8.62. The van der Waals surface area contributed by atoms with E-state index in [9.17, 15) is 26.4 Å². The first-order chi connectivity index (χ1) is 13.5. The average Bonchev–Trinajstić information content (AvgIpc) is 3.05. The maximum absolute atomic E-state index is 13.0. The summed E-state index contributed by atoms with van der Waals surface area (Å²) >= 11 is 0. The highest BCUT2D eigenvalue weighted by Gasteiger charge is 2.32. The Kier molecular flexibility index (Phi) is 5.16. The molecule has 1 amide bonds. The number of aryl methyl sites for hydroxylation is 1. The summed E-state index contributed by atoms with van der Waals surface area (Å²) in [6, 6.07) is 7.34. The van der Waals surface area contributed by atoms with E-state index in [0.717, 1.165) is 34.7 Å². The predicted octanol–water partition coefficient (Wildman–Crippen LogP) is 3.73. The van der Waals surface area contributed by atoms with Crippen LogP contribution in [0.1, 0.15) is 28.5 Å². The van der Waals surface area contributed by atoms with Crippen molar-refractivity contribution >= 4 is 27.1 Å². The van der Waals surface area contributed by atoms with Gasteiger partial charge in [0.15, 0.2) is 20.6 Å². The van der Waals surface area contributed by atoms with Crippen LogP contribution in [-0.4, -0.2) is 36.5 Å². The Morgan fingerprint density at radius 2 is 1.76 bits per heavy atom. The highest BCUT2D eigenvalue weighted by Crippen LogP contribution is 2.31. The van der Waals surface area contributed by atoms with E-state index in [2.05, 4.69) is 4.98 Å². The number of carbonyl (C=O) groups excluding carboxylic acids is 1. The van der Waals surface area contributed by atoms with Gasteiger partial charge >= 0.3 is 6.18 Å².